The minimum atomic E-state index is -0.0964. The normalized spacial score (nSPS) is 17.9. The van der Waals surface area contributed by atoms with Gasteiger partial charge in [0.15, 0.2) is 5.13 Å². The smallest absolute Gasteiger partial charge is 0.277 e. The molecule has 0 aliphatic carbocycles. The summed E-state index contributed by atoms with van der Waals surface area (Å²) in [5.41, 5.74) is 3.07. The van der Waals surface area contributed by atoms with Gasteiger partial charge in [-0.05, 0) is 31.9 Å². The first kappa shape index (κ1) is 24.2. The van der Waals surface area contributed by atoms with Crippen molar-refractivity contribution in [1.29, 1.82) is 0 Å². The summed E-state index contributed by atoms with van der Waals surface area (Å²) in [6.45, 7) is 8.09. The Hall–Kier alpha value is -2.98. The first-order valence-electron chi connectivity index (χ1n) is 11.6. The lowest BCUT2D eigenvalue weighted by Crippen LogP contribution is -2.38. The third kappa shape index (κ3) is 4.65. The van der Waals surface area contributed by atoms with Gasteiger partial charge in [-0.1, -0.05) is 6.92 Å². The van der Waals surface area contributed by atoms with Crippen LogP contribution in [0.2, 0.25) is 0 Å². The first-order chi connectivity index (χ1) is 16.3. The zero-order chi connectivity index (χ0) is 24.4. The quantitative estimate of drug-likeness (QED) is 0.523. The van der Waals surface area contributed by atoms with E-state index in [1.165, 1.54) is 0 Å². The summed E-state index contributed by atoms with van der Waals surface area (Å²) in [5, 5.41) is 6.45. The molecule has 3 aromatic rings. The number of anilines is 3. The van der Waals surface area contributed by atoms with Crippen LogP contribution in [-0.2, 0) is 18.2 Å². The monoisotopic (exact) mass is 483 g/mol. The number of hydrogen-bond donors (Lipinski definition) is 1. The summed E-state index contributed by atoms with van der Waals surface area (Å²) >= 11 is 1.61. The van der Waals surface area contributed by atoms with Gasteiger partial charge in [-0.3, -0.25) is 9.36 Å². The molecule has 3 aromatic heterocycles. The lowest BCUT2D eigenvalue weighted by molar-refractivity contribution is 0.0720. The van der Waals surface area contributed by atoms with Gasteiger partial charge in [0, 0.05) is 64.2 Å². The van der Waals surface area contributed by atoms with Gasteiger partial charge in [-0.15, -0.1) is 11.3 Å². The minimum absolute atomic E-state index is 0.0442. The van der Waals surface area contributed by atoms with Crippen LogP contribution in [0.4, 0.5) is 16.6 Å². The summed E-state index contributed by atoms with van der Waals surface area (Å²) in [6.07, 6.45) is 4.20. The summed E-state index contributed by atoms with van der Waals surface area (Å²) < 4.78 is 7.65. The van der Waals surface area contributed by atoms with Crippen LogP contribution in [0.25, 0.3) is 11.4 Å². The Morgan fingerprint density at radius 1 is 1.26 bits per heavy atom. The molecule has 1 saturated heterocycles. The second-order valence-corrected chi connectivity index (χ2v) is 9.56. The van der Waals surface area contributed by atoms with Crippen LogP contribution in [0.1, 0.15) is 25.1 Å². The van der Waals surface area contributed by atoms with Crippen LogP contribution in [-0.4, -0.2) is 65.5 Å². The average Bonchev–Trinajstić information content (AvgIpc) is 3.48. The zero-order valence-electron chi connectivity index (χ0n) is 20.7. The Labute approximate surface area is 204 Å². The van der Waals surface area contributed by atoms with Crippen molar-refractivity contribution in [2.45, 2.75) is 39.3 Å². The molecule has 4 rings (SSSR count). The van der Waals surface area contributed by atoms with E-state index in [2.05, 4.69) is 20.2 Å². The van der Waals surface area contributed by atoms with E-state index in [0.717, 1.165) is 34.3 Å². The van der Waals surface area contributed by atoms with Gasteiger partial charge in [-0.25, -0.2) is 15.0 Å². The molecule has 2 atom stereocenters. The third-order valence-electron chi connectivity index (χ3n) is 6.16. The third-order valence-corrected chi connectivity index (χ3v) is 6.99. The molecule has 0 unspecified atom stereocenters. The van der Waals surface area contributed by atoms with E-state index in [0.29, 0.717) is 31.1 Å². The maximum absolute atomic E-state index is 13.6. The molecule has 0 saturated carbocycles. The predicted octanol–water partition coefficient (Wildman–Crippen LogP) is 2.94. The van der Waals surface area contributed by atoms with Gasteiger partial charge in [0.2, 0.25) is 0 Å². The molecular weight excluding hydrogens is 450 g/mol. The number of ether oxygens (including phenoxy) is 1. The SMILES string of the molecule is CCO[C@H]1CN(c2nccs2)C[C@H]1Nc1c(CC)nc(-c2cnc(N(C)C)cc2C)n(C)c1=O. The van der Waals surface area contributed by atoms with E-state index in [1.807, 2.05) is 57.4 Å². The van der Waals surface area contributed by atoms with E-state index in [-0.39, 0.29) is 17.7 Å². The Kier molecular flexibility index (Phi) is 7.18. The topological polar surface area (TPSA) is 88.4 Å². The number of nitrogens with zero attached hydrogens (tertiary/aromatic N) is 6. The van der Waals surface area contributed by atoms with Gasteiger partial charge in [0.25, 0.3) is 5.56 Å². The second kappa shape index (κ2) is 10.1. The van der Waals surface area contributed by atoms with E-state index in [9.17, 15) is 4.79 Å². The Balaban J connectivity index is 1.68. The van der Waals surface area contributed by atoms with Gasteiger partial charge in [0.1, 0.15) is 17.3 Å². The van der Waals surface area contributed by atoms with Gasteiger partial charge >= 0.3 is 0 Å². The van der Waals surface area contributed by atoms with Gasteiger partial charge in [-0.2, -0.15) is 0 Å². The van der Waals surface area contributed by atoms with Crippen LogP contribution in [0, 0.1) is 6.92 Å². The number of pyridine rings is 1. The van der Waals surface area contributed by atoms with Gasteiger partial charge < -0.3 is 19.9 Å². The molecule has 1 aliphatic heterocycles. The second-order valence-electron chi connectivity index (χ2n) is 8.69. The number of hydrogen-bond acceptors (Lipinski definition) is 9. The number of nitrogens with one attached hydrogen (secondary N) is 1. The molecule has 1 aliphatic rings. The molecule has 0 spiro atoms. The van der Waals surface area contributed by atoms with Crippen molar-refractivity contribution in [1.82, 2.24) is 19.5 Å². The Morgan fingerprint density at radius 2 is 2.06 bits per heavy atom. The summed E-state index contributed by atoms with van der Waals surface area (Å²) in [6, 6.07) is 1.97. The van der Waals surface area contributed by atoms with E-state index in [1.54, 1.807) is 29.1 Å². The van der Waals surface area contributed by atoms with Crippen LogP contribution in [0.15, 0.2) is 28.6 Å². The maximum atomic E-state index is 13.6. The highest BCUT2D eigenvalue weighted by Gasteiger charge is 2.35. The largest absolute Gasteiger partial charge is 0.374 e. The molecule has 1 N–H and O–H groups in total. The molecule has 0 bridgehead atoms. The predicted molar refractivity (Wildman–Crippen MR) is 138 cm³/mol. The maximum Gasteiger partial charge on any atom is 0.277 e. The van der Waals surface area contributed by atoms with Crippen LogP contribution in [0.5, 0.6) is 0 Å². The Bertz CT molecular complexity index is 1190. The van der Waals surface area contributed by atoms with E-state index in [4.69, 9.17) is 9.72 Å². The van der Waals surface area contributed by atoms with Crippen LogP contribution >= 0.6 is 11.3 Å². The average molecular weight is 484 g/mol. The number of thiazole rings is 1. The lowest BCUT2D eigenvalue weighted by atomic mass is 10.1. The van der Waals surface area contributed by atoms with Crippen molar-refractivity contribution in [3.05, 3.63) is 45.5 Å². The molecule has 1 fully saturated rings. The van der Waals surface area contributed by atoms with Crippen LogP contribution in [0.3, 0.4) is 0 Å². The van der Waals surface area contributed by atoms with Gasteiger partial charge in [0.05, 0.1) is 17.8 Å². The molecule has 10 heteroatoms. The molecule has 9 nitrogen and oxygen atoms in total. The molecule has 0 aromatic carbocycles. The number of aryl methyl sites for hydroxylation is 2. The van der Waals surface area contributed by atoms with Crippen molar-refractivity contribution in [2.24, 2.45) is 7.05 Å². The van der Waals surface area contributed by atoms with Crippen molar-refractivity contribution < 1.29 is 4.74 Å². The first-order valence-corrected chi connectivity index (χ1v) is 12.5. The van der Waals surface area contributed by atoms with E-state index < -0.39 is 0 Å². The zero-order valence-corrected chi connectivity index (χ0v) is 21.5. The van der Waals surface area contributed by atoms with E-state index >= 15 is 0 Å². The molecule has 0 amide bonds. The highest BCUT2D eigenvalue weighted by atomic mass is 32.1. The fourth-order valence-electron chi connectivity index (χ4n) is 4.32. The molecule has 4 heterocycles. The van der Waals surface area contributed by atoms with Crippen molar-refractivity contribution >= 4 is 28.0 Å². The van der Waals surface area contributed by atoms with Crippen molar-refractivity contribution in [2.75, 3.05) is 48.9 Å². The molecular formula is C24H33N7O2S. The molecule has 0 radical (unpaired) electrons. The summed E-state index contributed by atoms with van der Waals surface area (Å²) in [5.74, 6) is 1.49. The molecule has 34 heavy (non-hydrogen) atoms. The van der Waals surface area contributed by atoms with Crippen molar-refractivity contribution in [3.63, 3.8) is 0 Å². The molecule has 182 valence electrons. The standard InChI is InChI=1S/C24H33N7O2S/c1-7-17-21(27-18-13-31(14-19(18)33-8-2)24-25-9-10-34-24)23(32)30(6)22(28-17)16-12-26-20(29(4)5)11-15(16)3/h9-12,18-19,27H,7-8,13-14H2,1-6H3/t18-,19+/m1/s1. The fourth-order valence-corrected chi connectivity index (χ4v) is 4.98. The van der Waals surface area contributed by atoms with Crippen LogP contribution < -0.4 is 20.7 Å². The summed E-state index contributed by atoms with van der Waals surface area (Å²) in [4.78, 5) is 31.6. The Morgan fingerprint density at radius 3 is 2.68 bits per heavy atom. The number of rotatable bonds is 8. The fraction of sp³-hybridized carbons (Fsp3) is 0.500. The highest BCUT2D eigenvalue weighted by molar-refractivity contribution is 7.13. The van der Waals surface area contributed by atoms with Crippen molar-refractivity contribution in [3.8, 4) is 11.4 Å². The summed E-state index contributed by atoms with van der Waals surface area (Å²) in [7, 11) is 5.68. The lowest BCUT2D eigenvalue weighted by Gasteiger charge is -2.23. The highest BCUT2D eigenvalue weighted by Crippen LogP contribution is 2.28. The number of aromatic nitrogens is 4. The minimum Gasteiger partial charge on any atom is -0.374 e.